The summed E-state index contributed by atoms with van der Waals surface area (Å²) in [6.45, 7) is 2.82. The van der Waals surface area contributed by atoms with Gasteiger partial charge in [0.15, 0.2) is 4.34 Å². The Morgan fingerprint density at radius 2 is 2.44 bits per heavy atom. The first-order valence-electron chi connectivity index (χ1n) is 5.60. The van der Waals surface area contributed by atoms with E-state index >= 15 is 0 Å². The predicted molar refractivity (Wildman–Crippen MR) is 70.5 cm³/mol. The molecule has 6 nitrogen and oxygen atoms in total. The van der Waals surface area contributed by atoms with Gasteiger partial charge in [-0.25, -0.2) is 0 Å². The highest BCUT2D eigenvalue weighted by Crippen LogP contribution is 2.30. The fourth-order valence-electron chi connectivity index (χ4n) is 1.90. The molecule has 1 aromatic heterocycles. The van der Waals surface area contributed by atoms with E-state index in [-0.39, 0.29) is 11.9 Å². The van der Waals surface area contributed by atoms with Crippen molar-refractivity contribution in [1.29, 1.82) is 0 Å². The first kappa shape index (κ1) is 13.6. The quantitative estimate of drug-likeness (QED) is 0.819. The Labute approximate surface area is 113 Å². The predicted octanol–water partition coefficient (Wildman–Crippen LogP) is 1.33. The molecule has 0 saturated carbocycles. The van der Waals surface area contributed by atoms with E-state index < -0.39 is 5.97 Å². The second kappa shape index (κ2) is 5.85. The number of hydrogen-bond acceptors (Lipinski definition) is 7. The van der Waals surface area contributed by atoms with E-state index in [4.69, 9.17) is 9.84 Å². The van der Waals surface area contributed by atoms with Crippen molar-refractivity contribution < 1.29 is 14.6 Å². The summed E-state index contributed by atoms with van der Waals surface area (Å²) in [6.07, 6.45) is 1.17. The zero-order valence-corrected chi connectivity index (χ0v) is 11.8. The highest BCUT2D eigenvalue weighted by molar-refractivity contribution is 8.01. The Bertz CT molecular complexity index is 426. The summed E-state index contributed by atoms with van der Waals surface area (Å²) in [7, 11) is 1.97. The third kappa shape index (κ3) is 3.12. The second-order valence-electron chi connectivity index (χ2n) is 4.08. The van der Waals surface area contributed by atoms with Crippen LogP contribution in [0.4, 0.5) is 5.13 Å². The van der Waals surface area contributed by atoms with Gasteiger partial charge in [0.05, 0.1) is 17.9 Å². The van der Waals surface area contributed by atoms with Crippen LogP contribution in [0.3, 0.4) is 0 Å². The summed E-state index contributed by atoms with van der Waals surface area (Å²) in [4.78, 5) is 12.5. The number of carboxylic acid groups (broad SMARTS) is 1. The molecule has 1 aliphatic heterocycles. The van der Waals surface area contributed by atoms with Crippen LogP contribution in [0.15, 0.2) is 4.34 Å². The number of carbonyl (C=O) groups is 1. The molecule has 1 N–H and O–H groups in total. The minimum absolute atomic E-state index is 0.0152. The minimum atomic E-state index is -0.845. The summed E-state index contributed by atoms with van der Waals surface area (Å²) >= 11 is 2.62. The average molecular weight is 289 g/mol. The third-order valence-corrected chi connectivity index (χ3v) is 4.98. The number of rotatable bonds is 5. The van der Waals surface area contributed by atoms with Crippen LogP contribution in [-0.2, 0) is 9.53 Å². The largest absolute Gasteiger partial charge is 0.481 e. The first-order valence-corrected chi connectivity index (χ1v) is 7.40. The number of likely N-dealkylation sites (N-methyl/N-ethyl adjacent to an activating group) is 1. The summed E-state index contributed by atoms with van der Waals surface area (Å²) in [5.74, 6) is -0.829. The standard InChI is InChI=1S/C10H15N3O3S2/c1-6-7(3-4-16-6)13(2)9-11-12-10(18-9)17-5-8(14)15/h6-7H,3-5H2,1-2H3,(H,14,15). The minimum Gasteiger partial charge on any atom is -0.481 e. The van der Waals surface area contributed by atoms with Crippen molar-refractivity contribution in [1.82, 2.24) is 10.2 Å². The van der Waals surface area contributed by atoms with Gasteiger partial charge in [0, 0.05) is 13.7 Å². The molecule has 2 atom stereocenters. The SMILES string of the molecule is CC1OCCC1N(C)c1nnc(SCC(=O)O)s1. The van der Waals surface area contributed by atoms with Gasteiger partial charge in [0.1, 0.15) is 0 Å². The van der Waals surface area contributed by atoms with Crippen LogP contribution in [0.5, 0.6) is 0 Å². The first-order chi connectivity index (χ1) is 8.58. The topological polar surface area (TPSA) is 75.5 Å². The number of ether oxygens (including phenoxy) is 1. The van der Waals surface area contributed by atoms with Crippen LogP contribution >= 0.6 is 23.1 Å². The van der Waals surface area contributed by atoms with Gasteiger partial charge in [-0.3, -0.25) is 4.79 Å². The van der Waals surface area contributed by atoms with Crippen LogP contribution in [0, 0.1) is 0 Å². The van der Waals surface area contributed by atoms with Gasteiger partial charge in [-0.2, -0.15) is 0 Å². The van der Waals surface area contributed by atoms with E-state index in [1.165, 1.54) is 23.1 Å². The molecule has 2 unspecified atom stereocenters. The number of nitrogens with zero attached hydrogens (tertiary/aromatic N) is 3. The molecule has 8 heteroatoms. The van der Waals surface area contributed by atoms with E-state index in [1.807, 2.05) is 7.05 Å². The van der Waals surface area contributed by atoms with Gasteiger partial charge in [0.2, 0.25) is 5.13 Å². The summed E-state index contributed by atoms with van der Waals surface area (Å²) in [6, 6.07) is 0.315. The number of hydrogen-bond donors (Lipinski definition) is 1. The molecular formula is C10H15N3O3S2. The van der Waals surface area contributed by atoms with E-state index in [1.54, 1.807) is 0 Å². The molecule has 2 heterocycles. The molecule has 0 radical (unpaired) electrons. The van der Waals surface area contributed by atoms with Crippen LogP contribution in [0.1, 0.15) is 13.3 Å². The lowest BCUT2D eigenvalue weighted by Gasteiger charge is -2.25. The van der Waals surface area contributed by atoms with Crippen molar-refractivity contribution in [3.8, 4) is 0 Å². The summed E-state index contributed by atoms with van der Waals surface area (Å²) in [5.41, 5.74) is 0. The molecule has 1 aliphatic rings. The lowest BCUT2D eigenvalue weighted by Crippen LogP contribution is -2.36. The number of carboxylic acids is 1. The van der Waals surface area contributed by atoms with Crippen LogP contribution in [0.25, 0.3) is 0 Å². The Morgan fingerprint density at radius 1 is 1.67 bits per heavy atom. The fraction of sp³-hybridized carbons (Fsp3) is 0.700. The lowest BCUT2D eigenvalue weighted by atomic mass is 10.1. The highest BCUT2D eigenvalue weighted by atomic mass is 32.2. The Hall–Kier alpha value is -0.860. The molecular weight excluding hydrogens is 274 g/mol. The third-order valence-electron chi connectivity index (χ3n) is 2.85. The number of aliphatic carboxylic acids is 1. The van der Waals surface area contributed by atoms with Crippen molar-refractivity contribution in [2.75, 3.05) is 24.3 Å². The van der Waals surface area contributed by atoms with Crippen molar-refractivity contribution in [3.05, 3.63) is 0 Å². The van der Waals surface area contributed by atoms with Gasteiger partial charge < -0.3 is 14.7 Å². The zero-order chi connectivity index (χ0) is 13.1. The molecule has 1 saturated heterocycles. The molecule has 1 aromatic rings. The Kier molecular flexibility index (Phi) is 4.41. The molecule has 1 fully saturated rings. The van der Waals surface area contributed by atoms with E-state index in [2.05, 4.69) is 22.0 Å². The number of aromatic nitrogens is 2. The molecule has 18 heavy (non-hydrogen) atoms. The molecule has 0 aromatic carbocycles. The Balaban J connectivity index is 1.98. The monoisotopic (exact) mass is 289 g/mol. The van der Waals surface area contributed by atoms with Crippen LogP contribution in [0.2, 0.25) is 0 Å². The zero-order valence-electron chi connectivity index (χ0n) is 10.2. The maximum Gasteiger partial charge on any atom is 0.313 e. The highest BCUT2D eigenvalue weighted by Gasteiger charge is 2.29. The van der Waals surface area contributed by atoms with E-state index in [9.17, 15) is 4.79 Å². The second-order valence-corrected chi connectivity index (χ2v) is 6.25. The van der Waals surface area contributed by atoms with Gasteiger partial charge in [0.25, 0.3) is 0 Å². The number of anilines is 1. The van der Waals surface area contributed by atoms with E-state index in [0.29, 0.717) is 10.4 Å². The normalized spacial score (nSPS) is 23.2. The number of thioether (sulfide) groups is 1. The van der Waals surface area contributed by atoms with E-state index in [0.717, 1.165) is 18.2 Å². The fourth-order valence-corrected chi connectivity index (χ4v) is 3.48. The smallest absolute Gasteiger partial charge is 0.313 e. The van der Waals surface area contributed by atoms with Crippen molar-refractivity contribution in [2.24, 2.45) is 0 Å². The maximum absolute atomic E-state index is 10.5. The Morgan fingerprint density at radius 3 is 3.06 bits per heavy atom. The maximum atomic E-state index is 10.5. The molecule has 0 aliphatic carbocycles. The van der Waals surface area contributed by atoms with Crippen LogP contribution < -0.4 is 4.90 Å². The molecule has 2 rings (SSSR count). The molecule has 100 valence electrons. The van der Waals surface area contributed by atoms with Gasteiger partial charge in [-0.05, 0) is 13.3 Å². The average Bonchev–Trinajstić information content (AvgIpc) is 2.94. The molecule has 0 amide bonds. The van der Waals surface area contributed by atoms with Crippen molar-refractivity contribution in [2.45, 2.75) is 29.8 Å². The van der Waals surface area contributed by atoms with Gasteiger partial charge >= 0.3 is 5.97 Å². The van der Waals surface area contributed by atoms with Crippen LogP contribution in [-0.4, -0.2) is 52.8 Å². The summed E-state index contributed by atoms with van der Waals surface area (Å²) < 4.78 is 6.21. The van der Waals surface area contributed by atoms with Crippen molar-refractivity contribution >= 4 is 34.2 Å². The molecule has 0 spiro atoms. The van der Waals surface area contributed by atoms with Crippen molar-refractivity contribution in [3.63, 3.8) is 0 Å². The lowest BCUT2D eigenvalue weighted by molar-refractivity contribution is -0.133. The van der Waals surface area contributed by atoms with Gasteiger partial charge in [-0.15, -0.1) is 10.2 Å². The summed E-state index contributed by atoms with van der Waals surface area (Å²) in [5, 5.41) is 17.5. The molecule has 0 bridgehead atoms. The van der Waals surface area contributed by atoms with Gasteiger partial charge in [-0.1, -0.05) is 23.1 Å².